The minimum absolute atomic E-state index is 0.115. The Morgan fingerprint density at radius 2 is 1.87 bits per heavy atom. The molecule has 1 amide bonds. The van der Waals surface area contributed by atoms with E-state index >= 15 is 0 Å². The maximum Gasteiger partial charge on any atom is 0.261 e. The lowest BCUT2D eigenvalue weighted by atomic mass is 10.1. The Bertz CT molecular complexity index is 1300. The first-order valence-electron chi connectivity index (χ1n) is 9.81. The van der Waals surface area contributed by atoms with Gasteiger partial charge in [-0.25, -0.2) is 4.98 Å². The van der Waals surface area contributed by atoms with Crippen LogP contribution in [0.2, 0.25) is 0 Å². The molecular weight excluding hydrogens is 412 g/mol. The fraction of sp³-hybridized carbons (Fsp3) is 0.227. The Morgan fingerprint density at radius 3 is 2.65 bits per heavy atom. The number of pyridine rings is 1. The van der Waals surface area contributed by atoms with Gasteiger partial charge in [-0.05, 0) is 38.1 Å². The van der Waals surface area contributed by atoms with Gasteiger partial charge in [0.1, 0.15) is 11.5 Å². The minimum Gasteiger partial charge on any atom is -0.325 e. The molecule has 0 aliphatic rings. The fourth-order valence-corrected chi connectivity index (χ4v) is 4.01. The summed E-state index contributed by atoms with van der Waals surface area (Å²) >= 11 is 1.32. The van der Waals surface area contributed by atoms with Gasteiger partial charge >= 0.3 is 0 Å². The van der Waals surface area contributed by atoms with Crippen molar-refractivity contribution < 1.29 is 4.79 Å². The summed E-state index contributed by atoms with van der Waals surface area (Å²) in [6, 6.07) is 14.8. The predicted molar refractivity (Wildman–Crippen MR) is 120 cm³/mol. The van der Waals surface area contributed by atoms with Gasteiger partial charge in [-0.2, -0.15) is 0 Å². The number of carbonyl (C=O) groups excluding carboxylic acids is 1. The highest BCUT2D eigenvalue weighted by Gasteiger charge is 2.20. The summed E-state index contributed by atoms with van der Waals surface area (Å²) in [4.78, 5) is 29.9. The van der Waals surface area contributed by atoms with Crippen molar-refractivity contribution in [1.82, 2.24) is 24.1 Å². The summed E-state index contributed by atoms with van der Waals surface area (Å²) in [7, 11) is 1.83. The number of amides is 1. The number of hydrogen-bond donors (Lipinski definition) is 1. The predicted octanol–water partition coefficient (Wildman–Crippen LogP) is 2.84. The van der Waals surface area contributed by atoms with Crippen LogP contribution in [-0.4, -0.2) is 35.3 Å². The molecule has 0 saturated carbocycles. The number of carbonyl (C=O) groups is 1. The molecule has 0 unspecified atom stereocenters. The van der Waals surface area contributed by atoms with Gasteiger partial charge in [-0.1, -0.05) is 36.0 Å². The highest BCUT2D eigenvalue weighted by atomic mass is 32.2. The molecule has 4 rings (SSSR count). The highest BCUT2D eigenvalue weighted by molar-refractivity contribution is 8.00. The molecule has 0 aliphatic heterocycles. The molecule has 8 nitrogen and oxygen atoms in total. The van der Waals surface area contributed by atoms with Crippen LogP contribution in [0.5, 0.6) is 0 Å². The van der Waals surface area contributed by atoms with E-state index < -0.39 is 0 Å². The van der Waals surface area contributed by atoms with E-state index in [1.807, 2.05) is 61.9 Å². The van der Waals surface area contributed by atoms with Crippen LogP contribution in [0.4, 0.5) is 5.69 Å². The summed E-state index contributed by atoms with van der Waals surface area (Å²) in [5.74, 6) is 0.518. The van der Waals surface area contributed by atoms with Gasteiger partial charge in [0, 0.05) is 36.6 Å². The van der Waals surface area contributed by atoms with E-state index in [1.165, 1.54) is 16.2 Å². The molecule has 0 saturated heterocycles. The van der Waals surface area contributed by atoms with Gasteiger partial charge < -0.3 is 9.88 Å². The summed E-state index contributed by atoms with van der Waals surface area (Å²) in [6.07, 6.45) is 2.02. The molecule has 1 atom stereocenters. The monoisotopic (exact) mass is 434 g/mol. The van der Waals surface area contributed by atoms with Crippen molar-refractivity contribution in [2.45, 2.75) is 30.7 Å². The Labute approximate surface area is 183 Å². The van der Waals surface area contributed by atoms with E-state index in [0.29, 0.717) is 34.3 Å². The van der Waals surface area contributed by atoms with Crippen molar-refractivity contribution in [3.05, 3.63) is 82.2 Å². The second-order valence-corrected chi connectivity index (χ2v) is 8.47. The van der Waals surface area contributed by atoms with E-state index in [0.717, 1.165) is 5.69 Å². The second kappa shape index (κ2) is 8.73. The molecule has 0 fully saturated rings. The molecule has 31 heavy (non-hydrogen) atoms. The van der Waals surface area contributed by atoms with Gasteiger partial charge in [0.2, 0.25) is 5.91 Å². The van der Waals surface area contributed by atoms with Crippen molar-refractivity contribution in [1.29, 1.82) is 0 Å². The molecule has 0 spiro atoms. The number of nitrogens with one attached hydrogen (secondary N) is 1. The number of rotatable bonds is 6. The quantitative estimate of drug-likeness (QED) is 0.469. The maximum atomic E-state index is 12.9. The molecule has 9 heteroatoms. The van der Waals surface area contributed by atoms with Crippen LogP contribution in [0.15, 0.2) is 64.7 Å². The summed E-state index contributed by atoms with van der Waals surface area (Å²) < 4.78 is 3.35. The van der Waals surface area contributed by atoms with E-state index in [2.05, 4.69) is 20.5 Å². The number of aryl methyl sites for hydroxylation is 1. The zero-order chi connectivity index (χ0) is 22.0. The van der Waals surface area contributed by atoms with Crippen molar-refractivity contribution in [3.63, 3.8) is 0 Å². The molecular formula is C22H22N6O2S. The van der Waals surface area contributed by atoms with Gasteiger partial charge in [0.15, 0.2) is 5.16 Å². The van der Waals surface area contributed by atoms with Gasteiger partial charge in [-0.15, -0.1) is 10.2 Å². The number of nitrogens with zero attached hydrogens (tertiary/aromatic N) is 5. The Morgan fingerprint density at radius 1 is 1.13 bits per heavy atom. The number of anilines is 1. The molecule has 1 aromatic carbocycles. The van der Waals surface area contributed by atoms with Crippen LogP contribution in [-0.2, 0) is 18.3 Å². The molecule has 1 N–H and O–H groups in total. The molecule has 158 valence electrons. The van der Waals surface area contributed by atoms with Crippen LogP contribution in [0.25, 0.3) is 5.65 Å². The van der Waals surface area contributed by atoms with Gasteiger partial charge in [0.25, 0.3) is 5.56 Å². The molecule has 0 aliphatic carbocycles. The van der Waals surface area contributed by atoms with Crippen molar-refractivity contribution in [2.24, 2.45) is 7.05 Å². The fourth-order valence-electron chi connectivity index (χ4n) is 3.18. The topological polar surface area (TPSA) is 94.2 Å². The lowest BCUT2D eigenvalue weighted by Crippen LogP contribution is -2.23. The number of para-hydroxylation sites is 1. The summed E-state index contributed by atoms with van der Waals surface area (Å²) in [5, 5.41) is 11.6. The summed E-state index contributed by atoms with van der Waals surface area (Å²) in [5.41, 5.74) is 2.49. The third-order valence-electron chi connectivity index (χ3n) is 4.99. The first kappa shape index (κ1) is 20.8. The van der Waals surface area contributed by atoms with E-state index in [-0.39, 0.29) is 16.7 Å². The third kappa shape index (κ3) is 4.36. The van der Waals surface area contributed by atoms with Crippen molar-refractivity contribution >= 4 is 29.0 Å². The lowest BCUT2D eigenvalue weighted by Gasteiger charge is -2.12. The summed E-state index contributed by atoms with van der Waals surface area (Å²) in [6.45, 7) is 3.65. The van der Waals surface area contributed by atoms with Crippen LogP contribution in [0, 0.1) is 6.92 Å². The average Bonchev–Trinajstić information content (AvgIpc) is 3.11. The second-order valence-electron chi connectivity index (χ2n) is 7.16. The number of fused-ring (bicyclic) bond motifs is 1. The van der Waals surface area contributed by atoms with E-state index in [4.69, 9.17) is 0 Å². The molecule has 3 aromatic heterocycles. The first-order chi connectivity index (χ1) is 14.9. The largest absolute Gasteiger partial charge is 0.325 e. The number of hydrogen-bond acceptors (Lipinski definition) is 6. The third-order valence-corrected chi connectivity index (χ3v) is 6.12. The standard InChI is InChI=1S/C22H22N6O2S/c1-14-17(21(30)28-12-8-7-11-18(28)23-14)13-19-25-26-22(27(19)3)31-15(2)20(29)24-16-9-5-4-6-10-16/h4-12,15H,13H2,1-3H3,(H,24,29)/t15-/m0/s1. The average molecular weight is 435 g/mol. The highest BCUT2D eigenvalue weighted by Crippen LogP contribution is 2.23. The molecule has 3 heterocycles. The number of benzene rings is 1. The van der Waals surface area contributed by atoms with E-state index in [9.17, 15) is 9.59 Å². The number of thioether (sulfide) groups is 1. The van der Waals surface area contributed by atoms with Crippen LogP contribution >= 0.6 is 11.8 Å². The minimum atomic E-state index is -0.370. The lowest BCUT2D eigenvalue weighted by molar-refractivity contribution is -0.115. The maximum absolute atomic E-state index is 12.9. The van der Waals surface area contributed by atoms with Crippen LogP contribution in [0.1, 0.15) is 24.0 Å². The molecule has 0 bridgehead atoms. The Kier molecular flexibility index (Phi) is 5.85. The Balaban J connectivity index is 1.52. The van der Waals surface area contributed by atoms with Crippen molar-refractivity contribution in [3.8, 4) is 0 Å². The zero-order valence-electron chi connectivity index (χ0n) is 17.4. The SMILES string of the molecule is Cc1nc2ccccn2c(=O)c1Cc1nnc(S[C@@H](C)C(=O)Nc2ccccc2)n1C. The van der Waals surface area contributed by atoms with Crippen LogP contribution in [0.3, 0.4) is 0 Å². The van der Waals surface area contributed by atoms with Crippen LogP contribution < -0.4 is 10.9 Å². The number of aromatic nitrogens is 5. The smallest absolute Gasteiger partial charge is 0.261 e. The van der Waals surface area contributed by atoms with Gasteiger partial charge in [0.05, 0.1) is 5.25 Å². The molecule has 0 radical (unpaired) electrons. The Hall–Kier alpha value is -3.46. The van der Waals surface area contributed by atoms with E-state index in [1.54, 1.807) is 18.3 Å². The first-order valence-corrected chi connectivity index (χ1v) is 10.7. The molecule has 4 aromatic rings. The van der Waals surface area contributed by atoms with Crippen molar-refractivity contribution in [2.75, 3.05) is 5.32 Å². The van der Waals surface area contributed by atoms with Gasteiger partial charge in [-0.3, -0.25) is 14.0 Å². The zero-order valence-corrected chi connectivity index (χ0v) is 18.3. The normalized spacial score (nSPS) is 12.1.